The second-order valence-electron chi connectivity index (χ2n) is 4.07. The fourth-order valence-corrected chi connectivity index (χ4v) is 1.72. The lowest BCUT2D eigenvalue weighted by Crippen LogP contribution is -2.17. The first-order chi connectivity index (χ1) is 7.24. The molecule has 1 aromatic heterocycles. The van der Waals surface area contributed by atoms with Gasteiger partial charge >= 0.3 is 0 Å². The molecule has 0 radical (unpaired) electrons. The molecule has 2 N–H and O–H groups in total. The Hall–Kier alpha value is -0.870. The lowest BCUT2D eigenvalue weighted by molar-refractivity contribution is 0.253. The van der Waals surface area contributed by atoms with Crippen molar-refractivity contribution in [1.82, 2.24) is 10.2 Å². The fourth-order valence-electron chi connectivity index (χ4n) is 1.62. The average Bonchev–Trinajstić information content (AvgIpc) is 2.99. The van der Waals surface area contributed by atoms with Crippen molar-refractivity contribution in [3.8, 4) is 0 Å². The molecular weight excluding hydrogens is 214 g/mol. The SMILES string of the molecule is OCCC1(CNc2ccc(Cl)nn2)CC1. The van der Waals surface area contributed by atoms with Crippen LogP contribution in [-0.2, 0) is 0 Å². The Balaban J connectivity index is 1.85. The first-order valence-electron chi connectivity index (χ1n) is 5.08. The summed E-state index contributed by atoms with van der Waals surface area (Å²) in [6.45, 7) is 1.11. The first kappa shape index (κ1) is 10.6. The zero-order chi connectivity index (χ0) is 10.7. The van der Waals surface area contributed by atoms with Gasteiger partial charge in [0.2, 0.25) is 0 Å². The Kier molecular flexibility index (Phi) is 3.07. The van der Waals surface area contributed by atoms with Gasteiger partial charge in [-0.2, -0.15) is 0 Å². The molecule has 1 fully saturated rings. The Bertz CT molecular complexity index is 324. The standard InChI is InChI=1S/C10H14ClN3O/c11-8-1-2-9(14-13-8)12-7-10(3-4-10)5-6-15/h1-2,15H,3-7H2,(H,12,14). The van der Waals surface area contributed by atoms with Crippen molar-refractivity contribution in [2.75, 3.05) is 18.5 Å². The molecule has 0 spiro atoms. The highest BCUT2D eigenvalue weighted by molar-refractivity contribution is 6.29. The maximum atomic E-state index is 8.90. The van der Waals surface area contributed by atoms with Crippen LogP contribution in [0.1, 0.15) is 19.3 Å². The Morgan fingerprint density at radius 1 is 1.40 bits per heavy atom. The third-order valence-corrected chi connectivity index (χ3v) is 3.08. The number of hydrogen-bond donors (Lipinski definition) is 2. The highest BCUT2D eigenvalue weighted by Gasteiger charge is 2.41. The van der Waals surface area contributed by atoms with E-state index < -0.39 is 0 Å². The smallest absolute Gasteiger partial charge is 0.151 e. The van der Waals surface area contributed by atoms with E-state index in [1.807, 2.05) is 6.07 Å². The van der Waals surface area contributed by atoms with Crippen molar-refractivity contribution in [2.45, 2.75) is 19.3 Å². The predicted molar refractivity (Wildman–Crippen MR) is 58.9 cm³/mol. The molecule has 0 saturated heterocycles. The second kappa shape index (κ2) is 4.33. The van der Waals surface area contributed by atoms with Gasteiger partial charge in [0.25, 0.3) is 0 Å². The number of nitrogens with zero attached hydrogens (tertiary/aromatic N) is 2. The minimum atomic E-state index is 0.258. The van der Waals surface area contributed by atoms with E-state index in [1.54, 1.807) is 6.07 Å². The molecule has 15 heavy (non-hydrogen) atoms. The molecule has 0 unspecified atom stereocenters. The first-order valence-corrected chi connectivity index (χ1v) is 5.46. The molecule has 0 bridgehead atoms. The molecule has 1 saturated carbocycles. The summed E-state index contributed by atoms with van der Waals surface area (Å²) in [5.41, 5.74) is 0.288. The highest BCUT2D eigenvalue weighted by atomic mass is 35.5. The minimum absolute atomic E-state index is 0.258. The van der Waals surface area contributed by atoms with Gasteiger partial charge in [0.15, 0.2) is 5.15 Å². The van der Waals surface area contributed by atoms with Crippen LogP contribution in [-0.4, -0.2) is 28.5 Å². The molecule has 1 aliphatic rings. The summed E-state index contributed by atoms with van der Waals surface area (Å²) in [6.07, 6.45) is 3.23. The maximum Gasteiger partial charge on any atom is 0.151 e. The summed E-state index contributed by atoms with van der Waals surface area (Å²) >= 11 is 5.63. The van der Waals surface area contributed by atoms with E-state index in [2.05, 4.69) is 15.5 Å². The Morgan fingerprint density at radius 3 is 2.73 bits per heavy atom. The van der Waals surface area contributed by atoms with Gasteiger partial charge in [-0.15, -0.1) is 10.2 Å². The van der Waals surface area contributed by atoms with Crippen LogP contribution in [0.15, 0.2) is 12.1 Å². The largest absolute Gasteiger partial charge is 0.396 e. The van der Waals surface area contributed by atoms with Gasteiger partial charge in [-0.3, -0.25) is 0 Å². The molecule has 2 rings (SSSR count). The molecule has 4 nitrogen and oxygen atoms in total. The predicted octanol–water partition coefficient (Wildman–Crippen LogP) is 1.70. The number of aromatic nitrogens is 2. The number of rotatable bonds is 5. The average molecular weight is 228 g/mol. The van der Waals surface area contributed by atoms with Crippen LogP contribution in [0.2, 0.25) is 5.15 Å². The van der Waals surface area contributed by atoms with Crippen LogP contribution < -0.4 is 5.32 Å². The van der Waals surface area contributed by atoms with Crippen molar-refractivity contribution in [3.05, 3.63) is 17.3 Å². The van der Waals surface area contributed by atoms with Crippen LogP contribution >= 0.6 is 11.6 Å². The van der Waals surface area contributed by atoms with E-state index in [0.29, 0.717) is 5.15 Å². The minimum Gasteiger partial charge on any atom is -0.396 e. The molecule has 0 aromatic carbocycles. The zero-order valence-corrected chi connectivity index (χ0v) is 9.17. The third-order valence-electron chi connectivity index (χ3n) is 2.88. The maximum absolute atomic E-state index is 8.90. The summed E-state index contributed by atoms with van der Waals surface area (Å²) in [6, 6.07) is 3.52. The lowest BCUT2D eigenvalue weighted by atomic mass is 10.0. The van der Waals surface area contributed by atoms with Crippen molar-refractivity contribution in [1.29, 1.82) is 0 Å². The van der Waals surface area contributed by atoms with Crippen molar-refractivity contribution >= 4 is 17.4 Å². The van der Waals surface area contributed by atoms with Crippen LogP contribution in [0.3, 0.4) is 0 Å². The van der Waals surface area contributed by atoms with Gasteiger partial charge in [0.05, 0.1) is 0 Å². The summed E-state index contributed by atoms with van der Waals surface area (Å²) < 4.78 is 0. The quantitative estimate of drug-likeness (QED) is 0.804. The van der Waals surface area contributed by atoms with Gasteiger partial charge in [-0.05, 0) is 36.8 Å². The highest BCUT2D eigenvalue weighted by Crippen LogP contribution is 2.48. The van der Waals surface area contributed by atoms with Gasteiger partial charge in [0, 0.05) is 13.2 Å². The summed E-state index contributed by atoms with van der Waals surface area (Å²) in [5.74, 6) is 0.739. The van der Waals surface area contributed by atoms with Gasteiger partial charge in [-0.1, -0.05) is 11.6 Å². The number of aliphatic hydroxyl groups excluding tert-OH is 1. The van der Waals surface area contributed by atoms with Gasteiger partial charge in [0.1, 0.15) is 5.82 Å². The Morgan fingerprint density at radius 2 is 2.20 bits per heavy atom. The van der Waals surface area contributed by atoms with E-state index in [9.17, 15) is 0 Å². The lowest BCUT2D eigenvalue weighted by Gasteiger charge is -2.14. The molecule has 1 heterocycles. The number of nitrogens with one attached hydrogen (secondary N) is 1. The molecule has 0 amide bonds. The van der Waals surface area contributed by atoms with E-state index in [4.69, 9.17) is 16.7 Å². The molecule has 0 atom stereocenters. The fraction of sp³-hybridized carbons (Fsp3) is 0.600. The molecule has 82 valence electrons. The van der Waals surface area contributed by atoms with Gasteiger partial charge < -0.3 is 10.4 Å². The summed E-state index contributed by atoms with van der Waals surface area (Å²) in [5, 5.41) is 20.2. The number of halogens is 1. The van der Waals surface area contributed by atoms with Crippen molar-refractivity contribution in [2.24, 2.45) is 5.41 Å². The van der Waals surface area contributed by atoms with Crippen LogP contribution in [0, 0.1) is 5.41 Å². The number of anilines is 1. The van der Waals surface area contributed by atoms with Crippen molar-refractivity contribution < 1.29 is 5.11 Å². The molecule has 5 heteroatoms. The van der Waals surface area contributed by atoms with E-state index in [1.165, 1.54) is 12.8 Å². The summed E-state index contributed by atoms with van der Waals surface area (Å²) in [7, 11) is 0. The summed E-state index contributed by atoms with van der Waals surface area (Å²) in [4.78, 5) is 0. The van der Waals surface area contributed by atoms with E-state index in [0.717, 1.165) is 18.8 Å². The monoisotopic (exact) mass is 227 g/mol. The van der Waals surface area contributed by atoms with E-state index in [-0.39, 0.29) is 12.0 Å². The van der Waals surface area contributed by atoms with Crippen LogP contribution in [0.4, 0.5) is 5.82 Å². The molecule has 1 aliphatic carbocycles. The van der Waals surface area contributed by atoms with Crippen LogP contribution in [0.5, 0.6) is 0 Å². The molecular formula is C10H14ClN3O. The molecule has 1 aromatic rings. The Labute approximate surface area is 93.7 Å². The number of aliphatic hydroxyl groups is 1. The zero-order valence-electron chi connectivity index (χ0n) is 8.41. The topological polar surface area (TPSA) is 58.0 Å². The van der Waals surface area contributed by atoms with Gasteiger partial charge in [-0.25, -0.2) is 0 Å². The van der Waals surface area contributed by atoms with Crippen molar-refractivity contribution in [3.63, 3.8) is 0 Å². The normalized spacial score (nSPS) is 17.5. The molecule has 0 aliphatic heterocycles. The van der Waals surface area contributed by atoms with Crippen LogP contribution in [0.25, 0.3) is 0 Å². The van der Waals surface area contributed by atoms with E-state index >= 15 is 0 Å². The number of hydrogen-bond acceptors (Lipinski definition) is 4. The third kappa shape index (κ3) is 2.79. The second-order valence-corrected chi connectivity index (χ2v) is 4.46.